The fourth-order valence-corrected chi connectivity index (χ4v) is 7.02. The first-order valence-corrected chi connectivity index (χ1v) is 16.7. The molecule has 1 spiro atoms. The van der Waals surface area contributed by atoms with E-state index in [1.165, 1.54) is 0 Å². The van der Waals surface area contributed by atoms with Crippen molar-refractivity contribution in [3.8, 4) is 17.8 Å². The van der Waals surface area contributed by atoms with E-state index >= 15 is 0 Å². The first-order valence-electron chi connectivity index (χ1n) is 14.8. The van der Waals surface area contributed by atoms with Crippen molar-refractivity contribution in [3.63, 3.8) is 0 Å². The van der Waals surface area contributed by atoms with E-state index in [0.29, 0.717) is 24.8 Å². The molecule has 5 rings (SSSR count). The lowest BCUT2D eigenvalue weighted by Gasteiger charge is -2.53. The Bertz CT molecular complexity index is 1340. The van der Waals surface area contributed by atoms with Crippen molar-refractivity contribution in [1.29, 1.82) is 5.26 Å². The fraction of sp³-hybridized carbons (Fsp3) is 0.667. The maximum absolute atomic E-state index is 12.5. The molecule has 42 heavy (non-hydrogen) atoms. The summed E-state index contributed by atoms with van der Waals surface area (Å²) < 4.78 is 20.0. The van der Waals surface area contributed by atoms with Gasteiger partial charge in [0.2, 0.25) is 0 Å². The van der Waals surface area contributed by atoms with Crippen LogP contribution in [0.5, 0.6) is 11.8 Å². The van der Waals surface area contributed by atoms with Crippen LogP contribution in [0, 0.1) is 20.3 Å². The highest BCUT2D eigenvalue weighted by Crippen LogP contribution is 2.45. The van der Waals surface area contributed by atoms with Gasteiger partial charge in [-0.1, -0.05) is 0 Å². The number of likely N-dealkylation sites (tertiary alicyclic amines) is 2. The molecule has 4 heterocycles. The number of hydrogen-bond donors (Lipinski definition) is 0. The summed E-state index contributed by atoms with van der Waals surface area (Å²) in [6, 6.07) is 4.73. The second-order valence-corrected chi connectivity index (χ2v) is 14.5. The van der Waals surface area contributed by atoms with Gasteiger partial charge in [0, 0.05) is 66.6 Å². The average molecular weight is 755 g/mol. The minimum absolute atomic E-state index is 0.0231. The maximum Gasteiger partial charge on any atom is 0.410 e. The first kappa shape index (κ1) is 31.3. The molecule has 0 unspecified atom stereocenters. The lowest BCUT2D eigenvalue weighted by molar-refractivity contribution is -0.0434. The number of aromatic nitrogens is 2. The van der Waals surface area contributed by atoms with Crippen molar-refractivity contribution in [1.82, 2.24) is 19.8 Å². The molecule has 3 fully saturated rings. The van der Waals surface area contributed by atoms with E-state index in [-0.39, 0.29) is 17.6 Å². The zero-order valence-corrected chi connectivity index (χ0v) is 28.7. The number of piperidine rings is 2. The molecule has 3 aliphatic rings. The Morgan fingerprint density at radius 1 is 1.19 bits per heavy atom. The molecule has 0 N–H and O–H groups in total. The van der Waals surface area contributed by atoms with E-state index in [9.17, 15) is 4.79 Å². The fourth-order valence-electron chi connectivity index (χ4n) is 6.05. The van der Waals surface area contributed by atoms with Crippen LogP contribution in [0.1, 0.15) is 59.8 Å². The predicted octanol–water partition coefficient (Wildman–Crippen LogP) is 5.99. The third kappa shape index (κ3) is 6.99. The molecule has 0 bridgehead atoms. The molecule has 0 radical (unpaired) electrons. The van der Waals surface area contributed by atoms with E-state index in [1.807, 2.05) is 32.6 Å². The number of halogens is 2. The molecule has 0 saturated carbocycles. The van der Waals surface area contributed by atoms with Crippen LogP contribution in [-0.2, 0) is 4.74 Å². The molecule has 1 amide bonds. The van der Waals surface area contributed by atoms with E-state index in [0.717, 1.165) is 96.3 Å². The normalized spacial score (nSPS) is 19.5. The number of nitrogens with zero attached hydrogens (tertiary/aromatic N) is 6. The lowest BCUT2D eigenvalue weighted by atomic mass is 9.72. The Balaban J connectivity index is 1.35. The predicted molar refractivity (Wildman–Crippen MR) is 173 cm³/mol. The van der Waals surface area contributed by atoms with Crippen molar-refractivity contribution in [3.05, 3.63) is 14.1 Å². The Labute approximate surface area is 270 Å². The topological polar surface area (TPSA) is 104 Å². The Kier molecular flexibility index (Phi) is 9.59. The highest BCUT2D eigenvalue weighted by Gasteiger charge is 2.48. The largest absolute Gasteiger partial charge is 0.490 e. The van der Waals surface area contributed by atoms with Gasteiger partial charge in [0.25, 0.3) is 0 Å². The number of nitriles is 1. The summed E-state index contributed by atoms with van der Waals surface area (Å²) in [5, 5.41) is 9.87. The van der Waals surface area contributed by atoms with Crippen molar-refractivity contribution in [2.75, 3.05) is 57.3 Å². The molecule has 3 aliphatic heterocycles. The second kappa shape index (κ2) is 12.9. The first-order chi connectivity index (χ1) is 20.0. The van der Waals surface area contributed by atoms with E-state index in [4.69, 9.17) is 29.4 Å². The zero-order valence-electron chi connectivity index (χ0n) is 24.9. The third-order valence-corrected chi connectivity index (χ3v) is 10.6. The quantitative estimate of drug-likeness (QED) is 0.316. The summed E-state index contributed by atoms with van der Waals surface area (Å²) in [5.41, 5.74) is 0.386. The molecule has 2 aromatic rings. The van der Waals surface area contributed by atoms with E-state index in [2.05, 4.69) is 60.5 Å². The summed E-state index contributed by atoms with van der Waals surface area (Å²) in [6.45, 7) is 13.9. The van der Waals surface area contributed by atoms with Gasteiger partial charge in [-0.3, -0.25) is 0 Å². The third-order valence-electron chi connectivity index (χ3n) is 8.26. The van der Waals surface area contributed by atoms with Gasteiger partial charge in [0.05, 0.1) is 17.1 Å². The van der Waals surface area contributed by atoms with Crippen molar-refractivity contribution >= 4 is 61.3 Å². The van der Waals surface area contributed by atoms with E-state index < -0.39 is 5.60 Å². The summed E-state index contributed by atoms with van der Waals surface area (Å²) in [4.78, 5) is 28.9. The summed E-state index contributed by atoms with van der Waals surface area (Å²) in [6.07, 6.45) is 4.04. The standard InChI is InChI=1S/C30H40BrIN6O4/c1-5-40-25-23(31)22(32)17-21-24(25)34-27(41-20-7-13-36(14-8-20)12-6-11-33)35-26(21)37-15-9-30(10-16-37)18-38(19-30)28(39)42-29(2,3)4/h17,20H,5-10,12-16,18-19H2,1-4H3. The monoisotopic (exact) mass is 754 g/mol. The van der Waals surface area contributed by atoms with Crippen LogP contribution in [0.3, 0.4) is 0 Å². The van der Waals surface area contributed by atoms with Crippen LogP contribution in [0.15, 0.2) is 10.5 Å². The molecule has 3 saturated heterocycles. The molecule has 0 aliphatic carbocycles. The SMILES string of the molecule is CCOc1c(Br)c(I)cc2c(N3CCC4(CC3)CN(C(=O)OC(C)(C)C)C4)nc(OC3CCN(CCC#N)CC3)nc12. The van der Waals surface area contributed by atoms with Gasteiger partial charge in [0.15, 0.2) is 5.75 Å². The van der Waals surface area contributed by atoms with Gasteiger partial charge in [-0.15, -0.1) is 0 Å². The molecule has 1 aromatic carbocycles. The van der Waals surface area contributed by atoms with Gasteiger partial charge >= 0.3 is 12.1 Å². The number of benzene rings is 1. The Hall–Kier alpha value is -2.11. The Morgan fingerprint density at radius 3 is 2.50 bits per heavy atom. The smallest absolute Gasteiger partial charge is 0.410 e. The van der Waals surface area contributed by atoms with Crippen molar-refractivity contribution in [2.24, 2.45) is 5.41 Å². The zero-order chi connectivity index (χ0) is 30.1. The molecule has 12 heteroatoms. The van der Waals surface area contributed by atoms with Gasteiger partial charge < -0.3 is 28.9 Å². The van der Waals surface area contributed by atoms with Crippen LogP contribution in [0.2, 0.25) is 0 Å². The number of carbonyl (C=O) groups is 1. The highest BCUT2D eigenvalue weighted by molar-refractivity contribution is 14.1. The average Bonchev–Trinajstić information content (AvgIpc) is 2.93. The second-order valence-electron chi connectivity index (χ2n) is 12.6. The molecule has 228 valence electrons. The van der Waals surface area contributed by atoms with Crippen molar-refractivity contribution in [2.45, 2.75) is 71.5 Å². The Morgan fingerprint density at radius 2 is 1.88 bits per heavy atom. The minimum Gasteiger partial charge on any atom is -0.490 e. The van der Waals surface area contributed by atoms with E-state index in [1.54, 1.807) is 0 Å². The molecular weight excluding hydrogens is 715 g/mol. The number of hydrogen-bond acceptors (Lipinski definition) is 9. The van der Waals surface area contributed by atoms with Crippen LogP contribution >= 0.6 is 38.5 Å². The number of anilines is 1. The number of ether oxygens (including phenoxy) is 3. The van der Waals surface area contributed by atoms with Crippen LogP contribution in [0.25, 0.3) is 10.9 Å². The van der Waals surface area contributed by atoms with Gasteiger partial charge in [-0.2, -0.15) is 15.2 Å². The van der Waals surface area contributed by atoms with Crippen LogP contribution in [-0.4, -0.2) is 90.0 Å². The van der Waals surface area contributed by atoms with Crippen molar-refractivity contribution < 1.29 is 19.0 Å². The number of fused-ring (bicyclic) bond motifs is 1. The van der Waals surface area contributed by atoms with Crippen LogP contribution < -0.4 is 14.4 Å². The molecule has 10 nitrogen and oxygen atoms in total. The van der Waals surface area contributed by atoms with Gasteiger partial charge in [0.1, 0.15) is 23.0 Å². The number of amides is 1. The minimum atomic E-state index is -0.488. The number of rotatable bonds is 7. The maximum atomic E-state index is 12.5. The van der Waals surface area contributed by atoms with Gasteiger partial charge in [-0.05, 0) is 98.0 Å². The summed E-state index contributed by atoms with van der Waals surface area (Å²) in [5.74, 6) is 1.57. The molecule has 1 aromatic heterocycles. The highest BCUT2D eigenvalue weighted by atomic mass is 127. The lowest BCUT2D eigenvalue weighted by Crippen LogP contribution is -2.62. The molecular formula is C30H40BrIN6O4. The molecule has 0 atom stereocenters. The summed E-state index contributed by atoms with van der Waals surface area (Å²) in [7, 11) is 0. The number of carbonyl (C=O) groups excluding carboxylic acids is 1. The summed E-state index contributed by atoms with van der Waals surface area (Å²) >= 11 is 6.04. The van der Waals surface area contributed by atoms with Gasteiger partial charge in [-0.25, -0.2) is 4.79 Å². The van der Waals surface area contributed by atoms with Crippen LogP contribution in [0.4, 0.5) is 10.6 Å².